The number of nitrogens with one attached hydrogen (secondary N) is 1. The molecule has 0 aliphatic carbocycles. The minimum absolute atomic E-state index is 0.219. The maximum Gasteiger partial charge on any atom is 0.252 e. The molecule has 0 saturated carbocycles. The lowest BCUT2D eigenvalue weighted by Crippen LogP contribution is -2.51. The van der Waals surface area contributed by atoms with Gasteiger partial charge in [-0.2, -0.15) is 4.98 Å². The number of halogens is 1. The number of carbonyl (C=O) groups excluding carboxylic acids is 1. The maximum atomic E-state index is 13.1. The highest BCUT2D eigenvalue weighted by atomic mass is 19.1. The molecule has 134 valence electrons. The molecule has 0 bridgehead atoms. The SMILES string of the molecule is CC(C)(N)C(=O)N(Cc1ccccc1)c1n[nH]c(-c2ccc(F)cc2)n1. The van der Waals surface area contributed by atoms with Gasteiger partial charge in [-0.15, -0.1) is 5.10 Å². The van der Waals surface area contributed by atoms with E-state index < -0.39 is 5.54 Å². The minimum Gasteiger partial charge on any atom is -0.318 e. The first-order valence-corrected chi connectivity index (χ1v) is 8.18. The largest absolute Gasteiger partial charge is 0.318 e. The van der Waals surface area contributed by atoms with Crippen molar-refractivity contribution >= 4 is 11.9 Å². The molecule has 1 amide bonds. The topological polar surface area (TPSA) is 87.9 Å². The summed E-state index contributed by atoms with van der Waals surface area (Å²) in [4.78, 5) is 18.7. The van der Waals surface area contributed by atoms with Gasteiger partial charge in [-0.25, -0.2) is 4.39 Å². The number of anilines is 1. The van der Waals surface area contributed by atoms with Crippen molar-refractivity contribution in [2.24, 2.45) is 5.73 Å². The molecule has 26 heavy (non-hydrogen) atoms. The van der Waals surface area contributed by atoms with Crippen molar-refractivity contribution in [3.8, 4) is 11.4 Å². The summed E-state index contributed by atoms with van der Waals surface area (Å²) in [6.07, 6.45) is 0. The van der Waals surface area contributed by atoms with Crippen molar-refractivity contribution in [1.82, 2.24) is 15.2 Å². The lowest BCUT2D eigenvalue weighted by Gasteiger charge is -2.26. The Morgan fingerprint density at radius 3 is 2.42 bits per heavy atom. The summed E-state index contributed by atoms with van der Waals surface area (Å²) in [5.41, 5.74) is 6.53. The van der Waals surface area contributed by atoms with Gasteiger partial charge >= 0.3 is 0 Å². The van der Waals surface area contributed by atoms with Crippen LogP contribution in [0.25, 0.3) is 11.4 Å². The van der Waals surface area contributed by atoms with Crippen molar-refractivity contribution in [3.63, 3.8) is 0 Å². The van der Waals surface area contributed by atoms with Crippen molar-refractivity contribution < 1.29 is 9.18 Å². The second-order valence-corrected chi connectivity index (χ2v) is 6.59. The Hall–Kier alpha value is -3.06. The zero-order chi connectivity index (χ0) is 18.7. The summed E-state index contributed by atoms with van der Waals surface area (Å²) in [6.45, 7) is 3.57. The third kappa shape index (κ3) is 3.94. The lowest BCUT2D eigenvalue weighted by atomic mass is 10.1. The fourth-order valence-corrected chi connectivity index (χ4v) is 2.46. The third-order valence-electron chi connectivity index (χ3n) is 3.81. The summed E-state index contributed by atoms with van der Waals surface area (Å²) in [7, 11) is 0. The van der Waals surface area contributed by atoms with E-state index in [9.17, 15) is 9.18 Å². The molecule has 3 rings (SSSR count). The van der Waals surface area contributed by atoms with Gasteiger partial charge in [0.05, 0.1) is 12.1 Å². The van der Waals surface area contributed by atoms with Gasteiger partial charge in [0.2, 0.25) is 5.91 Å². The van der Waals surface area contributed by atoms with Crippen LogP contribution in [0.15, 0.2) is 54.6 Å². The van der Waals surface area contributed by atoms with Crippen molar-refractivity contribution in [1.29, 1.82) is 0 Å². The van der Waals surface area contributed by atoms with Crippen LogP contribution in [0.3, 0.4) is 0 Å². The first-order chi connectivity index (χ1) is 12.3. The van der Waals surface area contributed by atoms with Gasteiger partial charge in [0, 0.05) is 5.56 Å². The number of hydrogen-bond acceptors (Lipinski definition) is 4. The van der Waals surface area contributed by atoms with Crippen LogP contribution in [0.4, 0.5) is 10.3 Å². The molecule has 0 radical (unpaired) electrons. The van der Waals surface area contributed by atoms with E-state index in [2.05, 4.69) is 15.2 Å². The number of aromatic amines is 1. The first kappa shape index (κ1) is 17.8. The summed E-state index contributed by atoms with van der Waals surface area (Å²) < 4.78 is 13.1. The average molecular weight is 353 g/mol. The highest BCUT2D eigenvalue weighted by Crippen LogP contribution is 2.21. The van der Waals surface area contributed by atoms with E-state index >= 15 is 0 Å². The van der Waals surface area contributed by atoms with Gasteiger partial charge in [-0.1, -0.05) is 30.3 Å². The van der Waals surface area contributed by atoms with Crippen LogP contribution in [0.2, 0.25) is 0 Å². The fraction of sp³-hybridized carbons (Fsp3) is 0.211. The Kier molecular flexibility index (Phi) is 4.81. The lowest BCUT2D eigenvalue weighted by molar-refractivity contribution is -0.122. The van der Waals surface area contributed by atoms with Crippen LogP contribution in [-0.2, 0) is 11.3 Å². The number of carbonyl (C=O) groups is 1. The highest BCUT2D eigenvalue weighted by molar-refractivity contribution is 5.98. The van der Waals surface area contributed by atoms with Gasteiger partial charge in [-0.3, -0.25) is 14.8 Å². The molecular weight excluding hydrogens is 333 g/mol. The van der Waals surface area contributed by atoms with Crippen LogP contribution in [0.5, 0.6) is 0 Å². The smallest absolute Gasteiger partial charge is 0.252 e. The van der Waals surface area contributed by atoms with Crippen molar-refractivity contribution in [2.45, 2.75) is 25.9 Å². The van der Waals surface area contributed by atoms with Gasteiger partial charge in [0.1, 0.15) is 5.82 Å². The van der Waals surface area contributed by atoms with Crippen molar-refractivity contribution in [3.05, 3.63) is 66.0 Å². The number of H-pyrrole nitrogens is 1. The molecule has 0 atom stereocenters. The molecule has 3 aromatic rings. The first-order valence-electron chi connectivity index (χ1n) is 8.18. The van der Waals surface area contributed by atoms with Gasteiger partial charge in [0.25, 0.3) is 5.95 Å². The maximum absolute atomic E-state index is 13.1. The predicted molar refractivity (Wildman–Crippen MR) is 97.7 cm³/mol. The van der Waals surface area contributed by atoms with Crippen LogP contribution >= 0.6 is 0 Å². The number of amides is 1. The number of hydrogen-bond donors (Lipinski definition) is 2. The number of aromatic nitrogens is 3. The molecule has 0 aliphatic rings. The molecule has 3 N–H and O–H groups in total. The molecule has 1 aromatic heterocycles. The van der Waals surface area contributed by atoms with E-state index in [0.717, 1.165) is 5.56 Å². The Balaban J connectivity index is 1.94. The molecule has 7 heteroatoms. The van der Waals surface area contributed by atoms with Crippen LogP contribution < -0.4 is 10.6 Å². The number of nitrogens with two attached hydrogens (primary N) is 1. The van der Waals surface area contributed by atoms with E-state index in [4.69, 9.17) is 5.73 Å². The van der Waals surface area contributed by atoms with Crippen molar-refractivity contribution in [2.75, 3.05) is 4.90 Å². The zero-order valence-electron chi connectivity index (χ0n) is 14.6. The third-order valence-corrected chi connectivity index (χ3v) is 3.81. The Bertz CT molecular complexity index is 884. The van der Waals surface area contributed by atoms with Crippen LogP contribution in [-0.4, -0.2) is 26.6 Å². The molecule has 1 heterocycles. The quantitative estimate of drug-likeness (QED) is 0.738. The highest BCUT2D eigenvalue weighted by Gasteiger charge is 2.31. The Morgan fingerprint density at radius 1 is 1.15 bits per heavy atom. The molecule has 6 nitrogen and oxygen atoms in total. The molecule has 0 unspecified atom stereocenters. The molecule has 0 saturated heterocycles. The Morgan fingerprint density at radius 2 is 1.81 bits per heavy atom. The second-order valence-electron chi connectivity index (χ2n) is 6.59. The predicted octanol–water partition coefficient (Wildman–Crippen LogP) is 2.88. The molecular formula is C19H20FN5O. The zero-order valence-corrected chi connectivity index (χ0v) is 14.6. The van der Waals surface area contributed by atoms with Gasteiger partial charge in [-0.05, 0) is 43.7 Å². The van der Waals surface area contributed by atoms with Crippen LogP contribution in [0.1, 0.15) is 19.4 Å². The molecule has 0 aliphatic heterocycles. The minimum atomic E-state index is -1.08. The normalized spacial score (nSPS) is 11.4. The molecule has 2 aromatic carbocycles. The van der Waals surface area contributed by atoms with E-state index in [1.165, 1.54) is 17.0 Å². The number of rotatable bonds is 5. The van der Waals surface area contributed by atoms with Crippen LogP contribution in [0, 0.1) is 5.82 Å². The number of nitrogens with zero attached hydrogens (tertiary/aromatic N) is 3. The second kappa shape index (κ2) is 7.05. The van der Waals surface area contributed by atoms with Gasteiger partial charge < -0.3 is 5.73 Å². The van der Waals surface area contributed by atoms with Gasteiger partial charge in [0.15, 0.2) is 5.82 Å². The standard InChI is InChI=1S/C19H20FN5O/c1-19(2,21)17(26)25(12-13-6-4-3-5-7-13)18-22-16(23-24-18)14-8-10-15(20)11-9-14/h3-11H,12,21H2,1-2H3,(H,22,23,24). The van der Waals surface area contributed by atoms with E-state index in [1.807, 2.05) is 30.3 Å². The van der Waals surface area contributed by atoms with E-state index in [1.54, 1.807) is 26.0 Å². The summed E-state index contributed by atoms with van der Waals surface area (Å²) in [5.74, 6) is 0.0302. The molecule has 0 spiro atoms. The summed E-state index contributed by atoms with van der Waals surface area (Å²) in [6, 6.07) is 15.4. The number of benzene rings is 2. The van der Waals surface area contributed by atoms with E-state index in [-0.39, 0.29) is 17.7 Å². The summed E-state index contributed by atoms with van der Waals surface area (Å²) >= 11 is 0. The molecule has 0 fully saturated rings. The fourth-order valence-electron chi connectivity index (χ4n) is 2.46. The summed E-state index contributed by atoms with van der Waals surface area (Å²) in [5, 5.41) is 6.96. The van der Waals surface area contributed by atoms with E-state index in [0.29, 0.717) is 17.9 Å². The Labute approximate surface area is 150 Å². The average Bonchev–Trinajstić information content (AvgIpc) is 3.09. The monoisotopic (exact) mass is 353 g/mol.